The number of piperazine rings is 1. The van der Waals surface area contributed by atoms with Crippen molar-refractivity contribution in [2.45, 2.75) is 0 Å². The Morgan fingerprint density at radius 1 is 0.909 bits per heavy atom. The van der Waals surface area contributed by atoms with Gasteiger partial charge in [0.05, 0.1) is 18.7 Å². The molecule has 2 N–H and O–H groups in total. The van der Waals surface area contributed by atoms with E-state index in [1.165, 1.54) is 0 Å². The first kappa shape index (κ1) is 14.4. The molecule has 0 spiro atoms. The summed E-state index contributed by atoms with van der Waals surface area (Å²) in [4.78, 5) is 19.7. The molecule has 5 heteroatoms. The van der Waals surface area contributed by atoms with Crippen molar-refractivity contribution < 1.29 is 9.63 Å². The highest BCUT2D eigenvalue weighted by molar-refractivity contribution is 5.89. The van der Waals surface area contributed by atoms with Crippen molar-refractivity contribution in [3.8, 4) is 0 Å². The number of nitrogen functional groups attached to an aromatic ring is 1. The van der Waals surface area contributed by atoms with Crippen molar-refractivity contribution in [2.75, 3.05) is 36.8 Å². The lowest BCUT2D eigenvalue weighted by Crippen LogP contribution is -2.47. The fourth-order valence-corrected chi connectivity index (χ4v) is 2.47. The van der Waals surface area contributed by atoms with Crippen molar-refractivity contribution in [1.82, 2.24) is 5.06 Å². The maximum Gasteiger partial charge on any atom is 0.357 e. The number of carbonyl (C=O) groups excluding carboxylic acids is 1. The van der Waals surface area contributed by atoms with Gasteiger partial charge in [-0.1, -0.05) is 18.2 Å². The molecule has 0 amide bonds. The molecule has 0 unspecified atom stereocenters. The molecular formula is C17H19N3O2. The molecule has 22 heavy (non-hydrogen) atoms. The molecule has 5 nitrogen and oxygen atoms in total. The largest absolute Gasteiger partial charge is 0.399 e. The lowest BCUT2D eigenvalue weighted by Gasteiger charge is -2.34. The summed E-state index contributed by atoms with van der Waals surface area (Å²) in [6, 6.07) is 16.9. The molecule has 0 radical (unpaired) electrons. The molecule has 114 valence electrons. The van der Waals surface area contributed by atoms with E-state index in [1.807, 2.05) is 42.5 Å². The lowest BCUT2D eigenvalue weighted by molar-refractivity contribution is -0.112. The predicted octanol–water partition coefficient (Wildman–Crippen LogP) is 2.16. The molecule has 1 heterocycles. The lowest BCUT2D eigenvalue weighted by atomic mass is 10.2. The van der Waals surface area contributed by atoms with Gasteiger partial charge < -0.3 is 15.5 Å². The molecule has 0 aliphatic carbocycles. The number of nitrogens with zero attached hydrogens (tertiary/aromatic N) is 2. The fraction of sp³-hybridized carbons (Fsp3) is 0.235. The Balaban J connectivity index is 1.53. The minimum absolute atomic E-state index is 0.304. The summed E-state index contributed by atoms with van der Waals surface area (Å²) in [5.74, 6) is -0.304. The third-order valence-electron chi connectivity index (χ3n) is 3.72. The summed E-state index contributed by atoms with van der Waals surface area (Å²) >= 11 is 0. The second kappa shape index (κ2) is 6.49. The van der Waals surface area contributed by atoms with Gasteiger partial charge in [0.1, 0.15) is 0 Å². The maximum absolute atomic E-state index is 12.0. The van der Waals surface area contributed by atoms with E-state index in [0.29, 0.717) is 18.7 Å². The van der Waals surface area contributed by atoms with Gasteiger partial charge in [0.25, 0.3) is 0 Å². The first-order valence-corrected chi connectivity index (χ1v) is 7.35. The zero-order valence-electron chi connectivity index (χ0n) is 12.3. The Kier molecular flexibility index (Phi) is 4.25. The van der Waals surface area contributed by atoms with Crippen LogP contribution < -0.4 is 10.6 Å². The van der Waals surface area contributed by atoms with Gasteiger partial charge >= 0.3 is 5.97 Å². The topological polar surface area (TPSA) is 58.8 Å². The number of hydroxylamine groups is 2. The first-order chi connectivity index (χ1) is 10.7. The van der Waals surface area contributed by atoms with Crippen molar-refractivity contribution in [3.63, 3.8) is 0 Å². The smallest absolute Gasteiger partial charge is 0.357 e. The Bertz CT molecular complexity index is 620. The number of hydrogen-bond donors (Lipinski definition) is 1. The Labute approximate surface area is 129 Å². The van der Waals surface area contributed by atoms with Gasteiger partial charge in [-0.2, -0.15) is 0 Å². The molecule has 2 aromatic carbocycles. The zero-order chi connectivity index (χ0) is 15.4. The number of carbonyl (C=O) groups is 1. The van der Waals surface area contributed by atoms with Gasteiger partial charge in [0.2, 0.25) is 0 Å². The van der Waals surface area contributed by atoms with Gasteiger partial charge in [-0.05, 0) is 36.4 Å². The highest BCUT2D eigenvalue weighted by atomic mass is 16.7. The Hall–Kier alpha value is -2.53. The zero-order valence-corrected chi connectivity index (χ0v) is 12.3. The van der Waals surface area contributed by atoms with E-state index < -0.39 is 0 Å². The summed E-state index contributed by atoms with van der Waals surface area (Å²) < 4.78 is 0. The average molecular weight is 297 g/mol. The number of nitrogens with two attached hydrogens (primary N) is 1. The molecule has 1 saturated heterocycles. The van der Waals surface area contributed by atoms with Crippen LogP contribution in [0.1, 0.15) is 10.4 Å². The number of benzene rings is 2. The molecule has 2 aromatic rings. The number of hydrogen-bond acceptors (Lipinski definition) is 5. The van der Waals surface area contributed by atoms with Gasteiger partial charge in [-0.15, -0.1) is 5.06 Å². The van der Waals surface area contributed by atoms with Crippen molar-refractivity contribution in [3.05, 3.63) is 60.2 Å². The number of anilines is 2. The van der Waals surface area contributed by atoms with Crippen LogP contribution in [-0.4, -0.2) is 37.2 Å². The van der Waals surface area contributed by atoms with Gasteiger partial charge in [-0.25, -0.2) is 4.79 Å². The maximum atomic E-state index is 12.0. The van der Waals surface area contributed by atoms with E-state index in [9.17, 15) is 4.79 Å². The molecule has 1 aliphatic heterocycles. The van der Waals surface area contributed by atoms with Crippen LogP contribution in [0, 0.1) is 0 Å². The SMILES string of the molecule is Nc1ccc(N2CCN(OC(=O)c3ccccc3)CC2)cc1. The van der Waals surface area contributed by atoms with Crippen molar-refractivity contribution in [1.29, 1.82) is 0 Å². The van der Waals surface area contributed by atoms with E-state index in [-0.39, 0.29) is 5.97 Å². The van der Waals surface area contributed by atoms with E-state index >= 15 is 0 Å². The van der Waals surface area contributed by atoms with Gasteiger partial charge in [0, 0.05) is 24.5 Å². The molecule has 0 saturated carbocycles. The van der Waals surface area contributed by atoms with Crippen LogP contribution in [0.3, 0.4) is 0 Å². The molecule has 0 bridgehead atoms. The molecule has 1 aliphatic rings. The molecular weight excluding hydrogens is 278 g/mol. The highest BCUT2D eigenvalue weighted by Crippen LogP contribution is 2.18. The van der Waals surface area contributed by atoms with Crippen LogP contribution in [0.5, 0.6) is 0 Å². The molecule has 0 aromatic heterocycles. The fourth-order valence-electron chi connectivity index (χ4n) is 2.47. The summed E-state index contributed by atoms with van der Waals surface area (Å²) in [7, 11) is 0. The second-order valence-electron chi connectivity index (χ2n) is 5.25. The third-order valence-corrected chi connectivity index (χ3v) is 3.72. The monoisotopic (exact) mass is 297 g/mol. The predicted molar refractivity (Wildman–Crippen MR) is 86.5 cm³/mol. The highest BCUT2D eigenvalue weighted by Gasteiger charge is 2.20. The summed E-state index contributed by atoms with van der Waals surface area (Å²) in [6.45, 7) is 2.99. The van der Waals surface area contributed by atoms with Crippen molar-refractivity contribution in [2.24, 2.45) is 0 Å². The van der Waals surface area contributed by atoms with E-state index in [4.69, 9.17) is 10.6 Å². The van der Waals surface area contributed by atoms with Crippen LogP contribution in [0.25, 0.3) is 0 Å². The van der Waals surface area contributed by atoms with Crippen LogP contribution in [-0.2, 0) is 4.84 Å². The summed E-state index contributed by atoms with van der Waals surface area (Å²) in [5, 5.41) is 1.73. The van der Waals surface area contributed by atoms with Crippen molar-refractivity contribution >= 4 is 17.3 Å². The first-order valence-electron chi connectivity index (χ1n) is 7.35. The van der Waals surface area contributed by atoms with Crippen LogP contribution in [0.2, 0.25) is 0 Å². The quantitative estimate of drug-likeness (QED) is 0.880. The molecule has 1 fully saturated rings. The van der Waals surface area contributed by atoms with Crippen LogP contribution >= 0.6 is 0 Å². The standard InChI is InChI=1S/C17H19N3O2/c18-15-6-8-16(9-7-15)19-10-12-20(13-11-19)22-17(21)14-4-2-1-3-5-14/h1-9H,10-13,18H2. The van der Waals surface area contributed by atoms with E-state index in [2.05, 4.69) is 4.90 Å². The van der Waals surface area contributed by atoms with Crippen LogP contribution in [0.15, 0.2) is 54.6 Å². The number of rotatable bonds is 3. The normalized spacial score (nSPS) is 15.5. The Morgan fingerprint density at radius 3 is 2.18 bits per heavy atom. The van der Waals surface area contributed by atoms with Gasteiger partial charge in [-0.3, -0.25) is 0 Å². The minimum Gasteiger partial charge on any atom is -0.399 e. The second-order valence-corrected chi connectivity index (χ2v) is 5.25. The summed E-state index contributed by atoms with van der Waals surface area (Å²) in [5.41, 5.74) is 8.18. The van der Waals surface area contributed by atoms with Crippen LogP contribution in [0.4, 0.5) is 11.4 Å². The molecule has 3 rings (SSSR count). The van der Waals surface area contributed by atoms with E-state index in [1.54, 1.807) is 17.2 Å². The Morgan fingerprint density at radius 2 is 1.55 bits per heavy atom. The third kappa shape index (κ3) is 3.38. The molecule has 0 atom stereocenters. The van der Waals surface area contributed by atoms with Gasteiger partial charge in [0.15, 0.2) is 0 Å². The average Bonchev–Trinajstić information content (AvgIpc) is 2.57. The summed E-state index contributed by atoms with van der Waals surface area (Å²) in [6.07, 6.45) is 0. The van der Waals surface area contributed by atoms with E-state index in [0.717, 1.165) is 24.5 Å². The minimum atomic E-state index is -0.304.